The molecule has 0 atom stereocenters. The molecule has 0 aliphatic heterocycles. The molecule has 0 heterocycles. The predicted octanol–water partition coefficient (Wildman–Crippen LogP) is -4.84. The van der Waals surface area contributed by atoms with E-state index in [9.17, 15) is 0 Å². The molecule has 0 aromatic carbocycles. The molecule has 0 aliphatic rings. The third-order valence-corrected chi connectivity index (χ3v) is 0. The largest absolute Gasteiger partial charge is 1.00 e. The topological polar surface area (TPSA) is 0 Å². The summed E-state index contributed by atoms with van der Waals surface area (Å²) in [5.41, 5.74) is 0. The van der Waals surface area contributed by atoms with Gasteiger partial charge in [0.2, 0.25) is 0 Å². The highest BCUT2D eigenvalue weighted by Gasteiger charge is -0.113. The van der Waals surface area contributed by atoms with Crippen LogP contribution in [0.1, 0.15) is 0 Å². The summed E-state index contributed by atoms with van der Waals surface area (Å²) in [5, 5.41) is 0. The normalized spacial score (nSPS) is 0. The van der Waals surface area contributed by atoms with Crippen LogP contribution in [0, 0.1) is 0 Å². The SMILES string of the molecule is Br.Br.[Br-].[Br-]. The lowest BCUT2D eigenvalue weighted by atomic mass is 79.9. The first-order valence-electron chi connectivity index (χ1n) is 0. The van der Waals surface area contributed by atoms with Crippen LogP contribution in [0.5, 0.6) is 0 Å². The summed E-state index contributed by atoms with van der Waals surface area (Å²) in [4.78, 5) is 0. The van der Waals surface area contributed by atoms with Crippen molar-refractivity contribution in [3.05, 3.63) is 0 Å². The van der Waals surface area contributed by atoms with E-state index in [2.05, 4.69) is 0 Å². The second kappa shape index (κ2) is 20.5. The van der Waals surface area contributed by atoms with Gasteiger partial charge in [-0.3, -0.25) is 0 Å². The Morgan fingerprint density at radius 1 is 0.500 bits per heavy atom. The maximum Gasteiger partial charge on any atom is -0.114 e. The zero-order valence-corrected chi connectivity index (χ0v) is 8.17. The van der Waals surface area contributed by atoms with E-state index in [0.717, 1.165) is 0 Å². The van der Waals surface area contributed by atoms with Crippen LogP contribution in [0.15, 0.2) is 0 Å². The molecule has 0 radical (unpaired) electrons. The molecule has 0 rings (SSSR count). The van der Waals surface area contributed by atoms with Crippen LogP contribution in [0.2, 0.25) is 0 Å². The average molecular weight is 322 g/mol. The first-order chi connectivity index (χ1) is 0. The standard InChI is InChI=1S/4BrH/h4*1H/p-2. The number of hydrogen-bond donors (Lipinski definition) is 0. The van der Waals surface area contributed by atoms with Gasteiger partial charge in [-0.15, -0.1) is 34.0 Å². The molecular formula is H2Br4-2. The summed E-state index contributed by atoms with van der Waals surface area (Å²) in [7, 11) is 0. The Bertz CT molecular complexity index is 0. The third kappa shape index (κ3) is 9.07. The van der Waals surface area contributed by atoms with E-state index in [-0.39, 0.29) is 67.9 Å². The van der Waals surface area contributed by atoms with E-state index in [4.69, 9.17) is 0 Å². The van der Waals surface area contributed by atoms with Gasteiger partial charge in [0.25, 0.3) is 0 Å². The second-order valence-electron chi connectivity index (χ2n) is 0. The molecule has 0 fully saturated rings. The quantitative estimate of drug-likeness (QED) is 0.420. The summed E-state index contributed by atoms with van der Waals surface area (Å²) >= 11 is 0. The minimum Gasteiger partial charge on any atom is -1.00 e. The molecule has 32 valence electrons. The van der Waals surface area contributed by atoms with Crippen LogP contribution < -0.4 is 34.0 Å². The van der Waals surface area contributed by atoms with E-state index in [1.165, 1.54) is 0 Å². The van der Waals surface area contributed by atoms with Crippen molar-refractivity contribution in [1.82, 2.24) is 0 Å². The van der Waals surface area contributed by atoms with Gasteiger partial charge >= 0.3 is 0 Å². The van der Waals surface area contributed by atoms with Gasteiger partial charge in [-0.2, -0.15) is 0 Å². The van der Waals surface area contributed by atoms with Crippen LogP contribution in [-0.2, 0) is 0 Å². The Balaban J connectivity index is 0. The molecule has 0 bridgehead atoms. The van der Waals surface area contributed by atoms with Crippen molar-refractivity contribution in [2.24, 2.45) is 0 Å². The van der Waals surface area contributed by atoms with Gasteiger partial charge in [-0.1, -0.05) is 0 Å². The van der Waals surface area contributed by atoms with E-state index in [0.29, 0.717) is 0 Å². The Hall–Kier alpha value is 1.92. The van der Waals surface area contributed by atoms with Crippen molar-refractivity contribution >= 4 is 34.0 Å². The molecule has 0 saturated heterocycles. The molecular weight excluding hydrogens is 320 g/mol. The van der Waals surface area contributed by atoms with Crippen molar-refractivity contribution in [3.8, 4) is 0 Å². The van der Waals surface area contributed by atoms with Gasteiger partial charge in [0.05, 0.1) is 0 Å². The minimum atomic E-state index is 0. The summed E-state index contributed by atoms with van der Waals surface area (Å²) in [6, 6.07) is 0. The summed E-state index contributed by atoms with van der Waals surface area (Å²) in [6.45, 7) is 0. The Kier molecular flexibility index (Phi) is 199. The highest BCUT2D eigenvalue weighted by atomic mass is 79.9. The Morgan fingerprint density at radius 3 is 0.500 bits per heavy atom. The van der Waals surface area contributed by atoms with Gasteiger partial charge < -0.3 is 34.0 Å². The first-order valence-corrected chi connectivity index (χ1v) is 0. The first kappa shape index (κ1) is 38.9. The molecule has 4 heteroatoms. The molecule has 0 saturated carbocycles. The highest BCUT2D eigenvalue weighted by molar-refractivity contribution is 8.93. The van der Waals surface area contributed by atoms with Crippen molar-refractivity contribution in [2.75, 3.05) is 0 Å². The van der Waals surface area contributed by atoms with Crippen LogP contribution in [0.4, 0.5) is 0 Å². The van der Waals surface area contributed by atoms with Gasteiger partial charge in [-0.25, -0.2) is 0 Å². The number of rotatable bonds is 0. The maximum atomic E-state index is 0. The molecule has 0 amide bonds. The Morgan fingerprint density at radius 2 is 0.500 bits per heavy atom. The number of halogens is 4. The lowest BCUT2D eigenvalue weighted by Gasteiger charge is -1.00. The fraction of sp³-hybridized carbons (Fsp3) is 0. The molecule has 4 heavy (non-hydrogen) atoms. The van der Waals surface area contributed by atoms with E-state index in [1.54, 1.807) is 0 Å². The van der Waals surface area contributed by atoms with Crippen molar-refractivity contribution < 1.29 is 34.0 Å². The van der Waals surface area contributed by atoms with Crippen molar-refractivity contribution in [3.63, 3.8) is 0 Å². The van der Waals surface area contributed by atoms with Crippen molar-refractivity contribution in [1.29, 1.82) is 0 Å². The zero-order valence-electron chi connectivity index (χ0n) is 1.57. The van der Waals surface area contributed by atoms with Crippen LogP contribution in [0.3, 0.4) is 0 Å². The average Bonchev–Trinajstić information content (AvgIpc) is 0. The lowest BCUT2D eigenvalue weighted by molar-refractivity contribution is -0.00100. The predicted molar refractivity (Wildman–Crippen MR) is 20.6 cm³/mol. The smallest absolute Gasteiger partial charge is 0.114 e. The monoisotopic (exact) mass is 318 g/mol. The maximum absolute atomic E-state index is 0. The summed E-state index contributed by atoms with van der Waals surface area (Å²) in [5.74, 6) is 0. The van der Waals surface area contributed by atoms with Crippen LogP contribution in [-0.4, -0.2) is 0 Å². The van der Waals surface area contributed by atoms with E-state index >= 15 is 0 Å². The highest BCUT2D eigenvalue weighted by Crippen LogP contribution is 0.847. The molecule has 0 aromatic rings. The van der Waals surface area contributed by atoms with Gasteiger partial charge in [-0.05, 0) is 0 Å². The molecule has 0 unspecified atom stereocenters. The molecule has 0 spiro atoms. The van der Waals surface area contributed by atoms with Gasteiger partial charge in [0.15, 0.2) is 0 Å². The summed E-state index contributed by atoms with van der Waals surface area (Å²) in [6.07, 6.45) is 0. The molecule has 0 N–H and O–H groups in total. The molecule has 0 aromatic heterocycles. The summed E-state index contributed by atoms with van der Waals surface area (Å²) < 4.78 is 0. The van der Waals surface area contributed by atoms with Gasteiger partial charge in [0.1, 0.15) is 0 Å². The van der Waals surface area contributed by atoms with E-state index < -0.39 is 0 Å². The lowest BCUT2D eigenvalue weighted by Crippen LogP contribution is -3.00. The van der Waals surface area contributed by atoms with E-state index in [1.807, 2.05) is 0 Å². The van der Waals surface area contributed by atoms with Gasteiger partial charge in [0, 0.05) is 0 Å². The third-order valence-electron chi connectivity index (χ3n) is 0. The Labute approximate surface area is 67.4 Å². The minimum absolute atomic E-state index is 0. The number of hydrogen-bond acceptors (Lipinski definition) is 0. The fourth-order valence-corrected chi connectivity index (χ4v) is 0. The fourth-order valence-electron chi connectivity index (χ4n) is 0. The molecule has 0 aliphatic carbocycles. The van der Waals surface area contributed by atoms with Crippen LogP contribution >= 0.6 is 34.0 Å². The van der Waals surface area contributed by atoms with Crippen LogP contribution in [0.25, 0.3) is 0 Å². The van der Waals surface area contributed by atoms with Crippen molar-refractivity contribution in [2.45, 2.75) is 0 Å². The second-order valence-corrected chi connectivity index (χ2v) is 0. The molecule has 0 nitrogen and oxygen atoms in total. The zero-order chi connectivity index (χ0) is 0.